The average molecular weight is 879 g/mol. The molecule has 1 atom stereocenters. The molecule has 306 valence electrons. The summed E-state index contributed by atoms with van der Waals surface area (Å²) in [5.74, 6) is -0.968. The van der Waals surface area contributed by atoms with Crippen molar-refractivity contribution in [2.75, 3.05) is 36.0 Å². The van der Waals surface area contributed by atoms with Crippen LogP contribution in [0.4, 0.5) is 5.69 Å². The third-order valence-electron chi connectivity index (χ3n) is 9.73. The van der Waals surface area contributed by atoms with E-state index in [4.69, 9.17) is 4.42 Å². The Kier molecular flexibility index (Phi) is 18.9. The van der Waals surface area contributed by atoms with E-state index in [1.165, 1.54) is 18.2 Å². The van der Waals surface area contributed by atoms with Gasteiger partial charge < -0.3 is 28.1 Å². The number of nitrogens with zero attached hydrogens (tertiary/aromatic N) is 2. The van der Waals surface area contributed by atoms with Gasteiger partial charge in [-0.25, -0.2) is 29.8 Å². The molecular weight excluding hydrogens is 831 g/mol. The minimum Gasteiger partial charge on any atom is -0.748 e. The van der Waals surface area contributed by atoms with Crippen LogP contribution in [-0.2, 0) is 46.0 Å². The van der Waals surface area contributed by atoms with Crippen LogP contribution in [0.2, 0.25) is 0 Å². The van der Waals surface area contributed by atoms with Gasteiger partial charge in [0.1, 0.15) is 34.7 Å². The van der Waals surface area contributed by atoms with Crippen molar-refractivity contribution in [3.63, 3.8) is 0 Å². The second kappa shape index (κ2) is 21.1. The van der Waals surface area contributed by atoms with E-state index in [1.54, 1.807) is 42.2 Å². The molecule has 3 aliphatic rings. The average Bonchev–Trinajstić information content (AvgIpc) is 3.30. The Morgan fingerprint density at radius 2 is 1.55 bits per heavy atom. The van der Waals surface area contributed by atoms with E-state index in [2.05, 4.69) is 20.8 Å². The van der Waals surface area contributed by atoms with Crippen LogP contribution in [0.5, 0.6) is 0 Å². The van der Waals surface area contributed by atoms with Gasteiger partial charge in [0.2, 0.25) is 5.36 Å². The molecule has 1 aromatic carbocycles. The van der Waals surface area contributed by atoms with Crippen LogP contribution in [0, 0.1) is 0 Å². The molecule has 1 unspecified atom stereocenters. The third kappa shape index (κ3) is 14.2. The van der Waals surface area contributed by atoms with Crippen molar-refractivity contribution in [1.29, 1.82) is 0 Å². The molecular formula is C39H48N2Na2O12S3. The van der Waals surface area contributed by atoms with Gasteiger partial charge in [0.05, 0.1) is 31.2 Å². The fourth-order valence-corrected chi connectivity index (χ4v) is 8.50. The summed E-state index contributed by atoms with van der Waals surface area (Å²) >= 11 is 0. The van der Waals surface area contributed by atoms with Gasteiger partial charge in [-0.3, -0.25) is 4.79 Å². The predicted octanol–water partition coefficient (Wildman–Crippen LogP) is -1.26. The Morgan fingerprint density at radius 3 is 2.14 bits per heavy atom. The fraction of sp³-hybridized carbons (Fsp3) is 0.436. The molecule has 0 saturated carbocycles. The van der Waals surface area contributed by atoms with E-state index in [1.807, 2.05) is 35.8 Å². The topological polar surface area (TPSA) is 228 Å². The van der Waals surface area contributed by atoms with E-state index >= 15 is 0 Å². The van der Waals surface area contributed by atoms with Gasteiger partial charge in [0.25, 0.3) is 0 Å². The number of carboxylic acid groups (broad SMARTS) is 1. The van der Waals surface area contributed by atoms with Gasteiger partial charge in [-0.2, -0.15) is 0 Å². The van der Waals surface area contributed by atoms with Crippen molar-refractivity contribution < 1.29 is 112 Å². The quantitative estimate of drug-likeness (QED) is 0.0724. The molecule has 2 heterocycles. The maximum absolute atomic E-state index is 12.0. The zero-order chi connectivity index (χ0) is 41.7. The van der Waals surface area contributed by atoms with E-state index in [-0.39, 0.29) is 103 Å². The first-order valence-corrected chi connectivity index (χ1v) is 22.7. The van der Waals surface area contributed by atoms with E-state index in [9.17, 15) is 48.8 Å². The standard InChI is InChI=1S/C39H50N2O12S3.2Na/c1-6-40(21-11-23-54(44,45)46)28-16-18-31-32(38(2,3)4)26-29(53-35(31)25-28)13-8-7-9-14-36-39(5,20-10-15-37(42)43)33-27-30(56(50,51)52)17-19-34(33)41(36)22-12-24-55(47,48)49;;/h7-9,13-14,16-19,25-27H,6,10-12,15,20-24H2,1-5H3,(H3-,42,43,44,45,46,47,48,49,50,51,52);;/q;2*+1/p-2. The zero-order valence-electron chi connectivity index (χ0n) is 34.1. The van der Waals surface area contributed by atoms with Gasteiger partial charge in [0, 0.05) is 59.3 Å². The predicted molar refractivity (Wildman–Crippen MR) is 210 cm³/mol. The van der Waals surface area contributed by atoms with Crippen LogP contribution in [0.25, 0.3) is 17.4 Å². The van der Waals surface area contributed by atoms with Crippen LogP contribution in [0.1, 0.15) is 83.6 Å². The second-order valence-electron chi connectivity index (χ2n) is 15.0. The first-order valence-electron chi connectivity index (χ1n) is 18.1. The number of anilines is 1. The van der Waals surface area contributed by atoms with Crippen molar-refractivity contribution in [2.24, 2.45) is 0 Å². The molecule has 1 aliphatic carbocycles. The van der Waals surface area contributed by atoms with Crippen LogP contribution in [0.15, 0.2) is 81.8 Å². The number of rotatable bonds is 17. The van der Waals surface area contributed by atoms with Crippen LogP contribution in [0.3, 0.4) is 0 Å². The minimum atomic E-state index is -4.84. The summed E-state index contributed by atoms with van der Waals surface area (Å²) in [6.07, 6.45) is 9.17. The molecule has 1 aromatic rings. The molecule has 0 spiro atoms. The molecule has 0 fully saturated rings. The zero-order valence-corrected chi connectivity index (χ0v) is 40.5. The maximum Gasteiger partial charge on any atom is 1.00 e. The van der Waals surface area contributed by atoms with Gasteiger partial charge in [-0.15, -0.1) is 0 Å². The van der Waals surface area contributed by atoms with Gasteiger partial charge in [-0.1, -0.05) is 39.0 Å². The largest absolute Gasteiger partial charge is 1.00 e. The number of fused-ring (bicyclic) bond motifs is 2. The Labute approximate surface area is 386 Å². The molecule has 1 N–H and O–H groups in total. The van der Waals surface area contributed by atoms with Gasteiger partial charge in [-0.05, 0) is 92.1 Å². The SMILES string of the molecule is CC[N+](CCCS(=O)(=O)[O-])=c1ccc2c(C(C)(C)C)cc(C=CC=CC=C3N(CCCS(=O)(=O)[O-])c4ccc(S(=O)(=O)[O-])cc4C3(C)CCCC(=O)O)oc-2c1.[Na+].[Na+]. The van der Waals surface area contributed by atoms with E-state index in [0.29, 0.717) is 41.6 Å². The van der Waals surface area contributed by atoms with Crippen molar-refractivity contribution in [3.05, 3.63) is 94.7 Å². The van der Waals surface area contributed by atoms with Crippen molar-refractivity contribution in [2.45, 2.75) is 82.4 Å². The Balaban J connectivity index is 0.00000580. The number of aliphatic carboxylic acids is 1. The summed E-state index contributed by atoms with van der Waals surface area (Å²) in [5, 5.41) is 10.2. The number of carbonyl (C=O) groups is 1. The molecule has 0 amide bonds. The molecule has 19 heteroatoms. The molecule has 0 radical (unpaired) electrons. The third-order valence-corrected chi connectivity index (χ3v) is 12.1. The monoisotopic (exact) mass is 878 g/mol. The molecule has 4 rings (SSSR count). The van der Waals surface area contributed by atoms with Crippen LogP contribution < -0.4 is 73.9 Å². The maximum atomic E-state index is 12.0. The number of carboxylic acids is 1. The molecule has 0 bridgehead atoms. The van der Waals surface area contributed by atoms with E-state index < -0.39 is 58.1 Å². The first-order chi connectivity index (χ1) is 25.9. The molecule has 58 heavy (non-hydrogen) atoms. The van der Waals surface area contributed by atoms with Crippen LogP contribution in [-0.4, -0.2) is 81.1 Å². The smallest absolute Gasteiger partial charge is 0.748 e. The first kappa shape index (κ1) is 52.0. The number of hydrogen-bond acceptors (Lipinski definition) is 12. The van der Waals surface area contributed by atoms with Gasteiger partial charge in [0.15, 0.2) is 0 Å². The Morgan fingerprint density at radius 1 is 0.897 bits per heavy atom. The van der Waals surface area contributed by atoms with Crippen molar-refractivity contribution in [1.82, 2.24) is 4.58 Å². The number of allylic oxidation sites excluding steroid dienone is 5. The van der Waals surface area contributed by atoms with Crippen molar-refractivity contribution in [3.8, 4) is 11.3 Å². The summed E-state index contributed by atoms with van der Waals surface area (Å²) in [5.41, 5.74) is 2.23. The summed E-state index contributed by atoms with van der Waals surface area (Å²) < 4.78 is 112. The minimum absolute atomic E-state index is 0. The van der Waals surface area contributed by atoms with Crippen molar-refractivity contribution >= 4 is 48.1 Å². The summed E-state index contributed by atoms with van der Waals surface area (Å²) in [7, 11) is -13.7. The fourth-order valence-electron chi connectivity index (χ4n) is 7.04. The molecule has 14 nitrogen and oxygen atoms in total. The number of benzene rings is 2. The summed E-state index contributed by atoms with van der Waals surface area (Å²) in [6, 6.07) is 11.6. The molecule has 2 aliphatic heterocycles. The number of hydrogen-bond donors (Lipinski definition) is 1. The van der Waals surface area contributed by atoms with Gasteiger partial charge >= 0.3 is 65.1 Å². The molecule has 0 saturated heterocycles. The Hall–Kier alpha value is -2.13. The van der Waals surface area contributed by atoms with Crippen LogP contribution >= 0.6 is 0 Å². The second-order valence-corrected chi connectivity index (χ2v) is 19.4. The van der Waals surface area contributed by atoms with E-state index in [0.717, 1.165) is 16.5 Å². The summed E-state index contributed by atoms with van der Waals surface area (Å²) in [6.45, 7) is 11.0. The normalized spacial score (nSPS) is 17.4. The summed E-state index contributed by atoms with van der Waals surface area (Å²) in [4.78, 5) is 12.7. The molecule has 0 aromatic heterocycles. The Bertz CT molecular complexity index is 2420.